The van der Waals surface area contributed by atoms with Gasteiger partial charge in [0.2, 0.25) is 0 Å². The second-order valence-corrected chi connectivity index (χ2v) is 3.40. The second kappa shape index (κ2) is 2.65. The fourth-order valence-corrected chi connectivity index (χ4v) is 1.90. The molecule has 0 unspecified atom stereocenters. The van der Waals surface area contributed by atoms with E-state index in [1.807, 2.05) is 12.1 Å². The molecule has 0 saturated carbocycles. The van der Waals surface area contributed by atoms with Crippen LogP contribution in [0.2, 0.25) is 0 Å². The Kier molecular flexibility index (Phi) is 1.46. The van der Waals surface area contributed by atoms with Crippen LogP contribution in [0.3, 0.4) is 0 Å². The van der Waals surface area contributed by atoms with Gasteiger partial charge >= 0.3 is 0 Å². The van der Waals surface area contributed by atoms with E-state index in [4.69, 9.17) is 0 Å². The first-order chi connectivity index (χ1) is 6.86. The third kappa shape index (κ3) is 0.914. The highest BCUT2D eigenvalue weighted by Gasteiger charge is 2.22. The number of aromatic amines is 1. The molecule has 4 heteroatoms. The fraction of sp³-hybridized carbons (Fsp3) is 0.200. The Labute approximate surface area is 80.3 Å². The molecule has 2 N–H and O–H groups in total. The predicted octanol–water partition coefficient (Wildman–Crippen LogP) is 0.849. The molecule has 0 amide bonds. The molecule has 0 radical (unpaired) electrons. The molecular formula is C10H9N3O. The van der Waals surface area contributed by atoms with E-state index in [0.717, 1.165) is 28.8 Å². The van der Waals surface area contributed by atoms with Crippen molar-refractivity contribution in [3.05, 3.63) is 29.6 Å². The molecule has 70 valence electrons. The fourth-order valence-electron chi connectivity index (χ4n) is 1.90. The summed E-state index contributed by atoms with van der Waals surface area (Å²) in [5.41, 5.74) is 3.46. The number of Topliss-reactive ketones (excluding diaryl/α,β-unsaturated/α-hetero) is 1. The highest BCUT2D eigenvalue weighted by atomic mass is 16.1. The number of aromatic nitrogens is 2. The average Bonchev–Trinajstić information content (AvgIpc) is 2.57. The number of carbonyl (C=O) groups excluding carboxylic acids is 1. The third-order valence-corrected chi connectivity index (χ3v) is 2.50. The molecule has 2 aromatic rings. The van der Waals surface area contributed by atoms with Crippen LogP contribution in [0.4, 0.5) is 0 Å². The van der Waals surface area contributed by atoms with Gasteiger partial charge in [0, 0.05) is 18.4 Å². The van der Waals surface area contributed by atoms with Gasteiger partial charge in [-0.1, -0.05) is 0 Å². The van der Waals surface area contributed by atoms with Gasteiger partial charge in [-0.3, -0.25) is 9.78 Å². The van der Waals surface area contributed by atoms with Gasteiger partial charge in [0.05, 0.1) is 23.1 Å². The molecule has 3 heterocycles. The standard InChI is InChI=1S/C10H9N3O/c14-8-5-11-4-7-9(8)10-6(13-7)2-1-3-12-10/h1-3,11,13H,4-5H2. The highest BCUT2D eigenvalue weighted by Crippen LogP contribution is 2.22. The van der Waals surface area contributed by atoms with Crippen molar-refractivity contribution >= 4 is 16.8 Å². The summed E-state index contributed by atoms with van der Waals surface area (Å²) >= 11 is 0. The van der Waals surface area contributed by atoms with Gasteiger partial charge in [0.15, 0.2) is 5.78 Å². The van der Waals surface area contributed by atoms with E-state index in [9.17, 15) is 4.79 Å². The number of carbonyl (C=O) groups is 1. The molecule has 0 bridgehead atoms. The Morgan fingerprint density at radius 1 is 1.36 bits per heavy atom. The van der Waals surface area contributed by atoms with Gasteiger partial charge in [-0.25, -0.2) is 0 Å². The van der Waals surface area contributed by atoms with Crippen molar-refractivity contribution in [3.63, 3.8) is 0 Å². The largest absolute Gasteiger partial charge is 0.355 e. The lowest BCUT2D eigenvalue weighted by Gasteiger charge is -2.10. The zero-order valence-corrected chi connectivity index (χ0v) is 7.50. The van der Waals surface area contributed by atoms with Crippen LogP contribution >= 0.6 is 0 Å². The maximum atomic E-state index is 11.6. The third-order valence-electron chi connectivity index (χ3n) is 2.50. The number of fused-ring (bicyclic) bond motifs is 3. The van der Waals surface area contributed by atoms with Crippen LogP contribution < -0.4 is 5.32 Å². The van der Waals surface area contributed by atoms with Gasteiger partial charge in [-0.05, 0) is 12.1 Å². The summed E-state index contributed by atoms with van der Waals surface area (Å²) in [6, 6.07) is 3.80. The van der Waals surface area contributed by atoms with E-state index < -0.39 is 0 Å². The summed E-state index contributed by atoms with van der Waals surface area (Å²) in [4.78, 5) is 19.1. The number of hydrogen-bond acceptors (Lipinski definition) is 3. The lowest BCUT2D eigenvalue weighted by Crippen LogP contribution is -2.29. The molecule has 4 nitrogen and oxygen atoms in total. The van der Waals surface area contributed by atoms with E-state index in [1.54, 1.807) is 6.20 Å². The van der Waals surface area contributed by atoms with E-state index >= 15 is 0 Å². The first-order valence-electron chi connectivity index (χ1n) is 4.56. The molecule has 0 aromatic carbocycles. The zero-order chi connectivity index (χ0) is 9.54. The molecule has 1 aliphatic rings. The summed E-state index contributed by atoms with van der Waals surface area (Å²) in [6.45, 7) is 1.13. The molecule has 2 aromatic heterocycles. The van der Waals surface area contributed by atoms with E-state index in [2.05, 4.69) is 15.3 Å². The average molecular weight is 187 g/mol. The Morgan fingerprint density at radius 2 is 2.29 bits per heavy atom. The summed E-state index contributed by atoms with van der Waals surface area (Å²) < 4.78 is 0. The van der Waals surface area contributed by atoms with Crippen molar-refractivity contribution in [1.29, 1.82) is 0 Å². The molecule has 0 saturated heterocycles. The summed E-state index contributed by atoms with van der Waals surface area (Å²) in [7, 11) is 0. The highest BCUT2D eigenvalue weighted by molar-refractivity contribution is 6.09. The van der Waals surface area contributed by atoms with Crippen molar-refractivity contribution in [2.24, 2.45) is 0 Å². The second-order valence-electron chi connectivity index (χ2n) is 3.40. The molecule has 1 aliphatic heterocycles. The number of nitrogens with zero attached hydrogens (tertiary/aromatic N) is 1. The molecule has 0 atom stereocenters. The van der Waals surface area contributed by atoms with Crippen molar-refractivity contribution in [1.82, 2.24) is 15.3 Å². The van der Waals surface area contributed by atoms with Crippen LogP contribution in [0.5, 0.6) is 0 Å². The number of pyridine rings is 1. The molecule has 3 rings (SSSR count). The maximum Gasteiger partial charge on any atom is 0.180 e. The number of nitrogens with one attached hydrogen (secondary N) is 2. The topological polar surface area (TPSA) is 57.8 Å². The number of ketones is 1. The van der Waals surface area contributed by atoms with Gasteiger partial charge in [-0.15, -0.1) is 0 Å². The van der Waals surface area contributed by atoms with Crippen LogP contribution in [0, 0.1) is 0 Å². The van der Waals surface area contributed by atoms with Crippen LogP contribution in [0.25, 0.3) is 11.0 Å². The molecule has 0 aliphatic carbocycles. The Hall–Kier alpha value is -1.68. The number of H-pyrrole nitrogens is 1. The molecule has 0 fully saturated rings. The van der Waals surface area contributed by atoms with E-state index in [1.165, 1.54) is 0 Å². The zero-order valence-electron chi connectivity index (χ0n) is 7.50. The summed E-state index contributed by atoms with van der Waals surface area (Å²) in [6.07, 6.45) is 1.71. The van der Waals surface area contributed by atoms with Gasteiger partial charge in [-0.2, -0.15) is 0 Å². The van der Waals surface area contributed by atoms with Crippen molar-refractivity contribution < 1.29 is 4.79 Å². The van der Waals surface area contributed by atoms with Crippen LogP contribution in [-0.4, -0.2) is 22.3 Å². The lowest BCUT2D eigenvalue weighted by atomic mass is 10.1. The van der Waals surface area contributed by atoms with Crippen LogP contribution in [0.15, 0.2) is 18.3 Å². The van der Waals surface area contributed by atoms with Gasteiger partial charge in [0.1, 0.15) is 0 Å². The quantitative estimate of drug-likeness (QED) is 0.642. The van der Waals surface area contributed by atoms with Gasteiger partial charge in [0.25, 0.3) is 0 Å². The Bertz CT molecular complexity index is 515. The van der Waals surface area contributed by atoms with Gasteiger partial charge < -0.3 is 10.3 Å². The van der Waals surface area contributed by atoms with Crippen molar-refractivity contribution in [2.45, 2.75) is 6.54 Å². The first kappa shape index (κ1) is 7.70. The Morgan fingerprint density at radius 3 is 3.21 bits per heavy atom. The molecular weight excluding hydrogens is 178 g/mol. The smallest absolute Gasteiger partial charge is 0.180 e. The SMILES string of the molecule is O=C1CNCc2[nH]c3cccnc3c21. The Balaban J connectivity index is 2.39. The van der Waals surface area contributed by atoms with Crippen molar-refractivity contribution in [3.8, 4) is 0 Å². The minimum Gasteiger partial charge on any atom is -0.355 e. The van der Waals surface area contributed by atoms with Crippen LogP contribution in [-0.2, 0) is 6.54 Å². The monoisotopic (exact) mass is 187 g/mol. The normalized spacial score (nSPS) is 15.9. The van der Waals surface area contributed by atoms with Crippen molar-refractivity contribution in [2.75, 3.05) is 6.54 Å². The minimum absolute atomic E-state index is 0.121. The number of rotatable bonds is 0. The maximum absolute atomic E-state index is 11.6. The predicted molar refractivity (Wildman–Crippen MR) is 52.1 cm³/mol. The summed E-state index contributed by atoms with van der Waals surface area (Å²) in [5.74, 6) is 0.121. The summed E-state index contributed by atoms with van der Waals surface area (Å²) in [5, 5.41) is 3.04. The number of hydrogen-bond donors (Lipinski definition) is 2. The van der Waals surface area contributed by atoms with E-state index in [0.29, 0.717) is 6.54 Å². The minimum atomic E-state index is 0.121. The molecule has 0 spiro atoms. The first-order valence-corrected chi connectivity index (χ1v) is 4.56. The van der Waals surface area contributed by atoms with E-state index in [-0.39, 0.29) is 5.78 Å². The lowest BCUT2D eigenvalue weighted by molar-refractivity contribution is 0.0983. The van der Waals surface area contributed by atoms with Crippen LogP contribution in [0.1, 0.15) is 16.1 Å². The molecule has 14 heavy (non-hydrogen) atoms.